The Morgan fingerprint density at radius 2 is 1.67 bits per heavy atom. The van der Waals surface area contributed by atoms with Gasteiger partial charge in [0, 0.05) is 11.6 Å². The van der Waals surface area contributed by atoms with Gasteiger partial charge in [-0.1, -0.05) is 6.07 Å². The van der Waals surface area contributed by atoms with E-state index in [2.05, 4.69) is 0 Å². The number of aliphatic hydroxyl groups is 1. The van der Waals surface area contributed by atoms with Gasteiger partial charge in [-0.15, -0.1) is 0 Å². The molecule has 2 aromatic rings. The molecule has 0 radical (unpaired) electrons. The highest BCUT2D eigenvalue weighted by Gasteiger charge is 2.40. The molecule has 0 fully saturated rings. The summed E-state index contributed by atoms with van der Waals surface area (Å²) in [6.45, 7) is 0. The number of hydrogen-bond acceptors (Lipinski definition) is 3. The molecular formula is C17H17FO3. The highest BCUT2D eigenvalue weighted by atomic mass is 19.1. The lowest BCUT2D eigenvalue weighted by molar-refractivity contribution is 0.0786. The summed E-state index contributed by atoms with van der Waals surface area (Å²) in [6, 6.07) is 10.1. The minimum Gasteiger partial charge on any atom is -0.497 e. The van der Waals surface area contributed by atoms with Crippen molar-refractivity contribution in [3.05, 3.63) is 58.9 Å². The summed E-state index contributed by atoms with van der Waals surface area (Å²) < 4.78 is 24.6. The van der Waals surface area contributed by atoms with Crippen LogP contribution in [0.25, 0.3) is 0 Å². The van der Waals surface area contributed by atoms with Crippen LogP contribution in [-0.4, -0.2) is 19.3 Å². The largest absolute Gasteiger partial charge is 0.497 e. The van der Waals surface area contributed by atoms with Crippen LogP contribution in [0.3, 0.4) is 0 Å². The molecule has 0 saturated carbocycles. The van der Waals surface area contributed by atoms with Gasteiger partial charge in [0.05, 0.1) is 14.2 Å². The SMILES string of the molecule is COc1ccc(C2(O)CCc3ccc(OC)cc32)c(F)c1. The summed E-state index contributed by atoms with van der Waals surface area (Å²) in [5.41, 5.74) is 0.690. The third-order valence-corrected chi connectivity index (χ3v) is 4.14. The first kappa shape index (κ1) is 13.9. The van der Waals surface area contributed by atoms with Crippen molar-refractivity contribution in [2.75, 3.05) is 14.2 Å². The molecule has 1 aliphatic rings. The van der Waals surface area contributed by atoms with E-state index in [0.717, 1.165) is 5.56 Å². The fraction of sp³-hybridized carbons (Fsp3) is 0.294. The first-order valence-electron chi connectivity index (χ1n) is 6.82. The van der Waals surface area contributed by atoms with Crippen LogP contribution < -0.4 is 9.47 Å². The fourth-order valence-electron chi connectivity index (χ4n) is 2.97. The lowest BCUT2D eigenvalue weighted by Gasteiger charge is -2.25. The van der Waals surface area contributed by atoms with Crippen molar-refractivity contribution >= 4 is 0 Å². The van der Waals surface area contributed by atoms with Crippen molar-refractivity contribution in [3.63, 3.8) is 0 Å². The van der Waals surface area contributed by atoms with E-state index in [1.807, 2.05) is 12.1 Å². The third-order valence-electron chi connectivity index (χ3n) is 4.14. The van der Waals surface area contributed by atoms with Crippen LogP contribution in [0.15, 0.2) is 36.4 Å². The molecule has 1 aliphatic carbocycles. The number of fused-ring (bicyclic) bond motifs is 1. The van der Waals surface area contributed by atoms with Crippen LogP contribution in [0.1, 0.15) is 23.1 Å². The van der Waals surface area contributed by atoms with Crippen molar-refractivity contribution in [3.8, 4) is 11.5 Å². The number of rotatable bonds is 3. The van der Waals surface area contributed by atoms with Gasteiger partial charge in [-0.25, -0.2) is 4.39 Å². The molecule has 0 amide bonds. The second kappa shape index (κ2) is 5.04. The minimum absolute atomic E-state index is 0.273. The minimum atomic E-state index is -1.32. The van der Waals surface area contributed by atoms with Crippen LogP contribution >= 0.6 is 0 Å². The maximum Gasteiger partial charge on any atom is 0.133 e. The standard InChI is InChI=1S/C17H17FO3/c1-20-12-4-3-11-7-8-17(19,15(11)9-12)14-6-5-13(21-2)10-16(14)18/h3-6,9-10,19H,7-8H2,1-2H3. The molecule has 2 aromatic carbocycles. The zero-order chi connectivity index (χ0) is 15.0. The third kappa shape index (κ3) is 2.16. The number of methoxy groups -OCH3 is 2. The van der Waals surface area contributed by atoms with Gasteiger partial charge in [0.1, 0.15) is 22.9 Å². The Hall–Kier alpha value is -2.07. The summed E-state index contributed by atoms with van der Waals surface area (Å²) in [4.78, 5) is 0. The van der Waals surface area contributed by atoms with Gasteiger partial charge in [-0.05, 0) is 48.2 Å². The lowest BCUT2D eigenvalue weighted by Crippen LogP contribution is -2.25. The smallest absolute Gasteiger partial charge is 0.133 e. The van der Waals surface area contributed by atoms with E-state index in [4.69, 9.17) is 9.47 Å². The predicted molar refractivity (Wildman–Crippen MR) is 77.3 cm³/mol. The number of aryl methyl sites for hydroxylation is 1. The van der Waals surface area contributed by atoms with Gasteiger partial charge in [0.2, 0.25) is 0 Å². The molecular weight excluding hydrogens is 271 g/mol. The normalized spacial score (nSPS) is 20.2. The molecule has 1 atom stereocenters. The Kier molecular flexibility index (Phi) is 3.33. The van der Waals surface area contributed by atoms with E-state index < -0.39 is 11.4 Å². The zero-order valence-corrected chi connectivity index (χ0v) is 12.0. The van der Waals surface area contributed by atoms with Crippen LogP contribution in [-0.2, 0) is 12.0 Å². The van der Waals surface area contributed by atoms with E-state index in [9.17, 15) is 9.50 Å². The molecule has 21 heavy (non-hydrogen) atoms. The average molecular weight is 288 g/mol. The summed E-state index contributed by atoms with van der Waals surface area (Å²) in [7, 11) is 3.06. The van der Waals surface area contributed by atoms with E-state index in [1.54, 1.807) is 25.3 Å². The summed E-state index contributed by atoms with van der Waals surface area (Å²) in [5, 5.41) is 11.0. The Labute approximate surface area is 122 Å². The van der Waals surface area contributed by atoms with Crippen molar-refractivity contribution in [2.45, 2.75) is 18.4 Å². The molecule has 0 aliphatic heterocycles. The summed E-state index contributed by atoms with van der Waals surface area (Å²) in [6.07, 6.45) is 1.17. The summed E-state index contributed by atoms with van der Waals surface area (Å²) >= 11 is 0. The Morgan fingerprint density at radius 1 is 1.00 bits per heavy atom. The highest BCUT2D eigenvalue weighted by molar-refractivity contribution is 5.49. The van der Waals surface area contributed by atoms with Crippen LogP contribution in [0, 0.1) is 5.82 Å². The Bertz CT molecular complexity index is 684. The highest BCUT2D eigenvalue weighted by Crippen LogP contribution is 2.44. The van der Waals surface area contributed by atoms with Gasteiger partial charge in [0.15, 0.2) is 0 Å². The van der Waals surface area contributed by atoms with E-state index in [0.29, 0.717) is 29.9 Å². The maximum absolute atomic E-state index is 14.3. The van der Waals surface area contributed by atoms with Crippen LogP contribution in [0.2, 0.25) is 0 Å². The number of benzene rings is 2. The van der Waals surface area contributed by atoms with Crippen molar-refractivity contribution in [1.82, 2.24) is 0 Å². The second-order valence-corrected chi connectivity index (χ2v) is 5.23. The predicted octanol–water partition coefficient (Wildman–Crippen LogP) is 3.03. The average Bonchev–Trinajstić information content (AvgIpc) is 2.84. The molecule has 110 valence electrons. The van der Waals surface area contributed by atoms with Crippen molar-refractivity contribution in [2.24, 2.45) is 0 Å². The first-order valence-corrected chi connectivity index (χ1v) is 6.82. The topological polar surface area (TPSA) is 38.7 Å². The molecule has 1 N–H and O–H groups in total. The Morgan fingerprint density at radius 3 is 2.33 bits per heavy atom. The summed E-state index contributed by atoms with van der Waals surface area (Å²) in [5.74, 6) is 0.624. The molecule has 3 nitrogen and oxygen atoms in total. The Balaban J connectivity index is 2.12. The van der Waals surface area contributed by atoms with Gasteiger partial charge in [-0.3, -0.25) is 0 Å². The lowest BCUT2D eigenvalue weighted by atomic mass is 9.87. The van der Waals surface area contributed by atoms with E-state index in [-0.39, 0.29) is 5.56 Å². The maximum atomic E-state index is 14.3. The number of hydrogen-bond donors (Lipinski definition) is 1. The molecule has 0 heterocycles. The van der Waals surface area contributed by atoms with Crippen molar-refractivity contribution in [1.29, 1.82) is 0 Å². The van der Waals surface area contributed by atoms with E-state index in [1.165, 1.54) is 13.2 Å². The van der Waals surface area contributed by atoms with Gasteiger partial charge < -0.3 is 14.6 Å². The molecule has 3 rings (SSSR count). The van der Waals surface area contributed by atoms with Gasteiger partial charge >= 0.3 is 0 Å². The van der Waals surface area contributed by atoms with Crippen LogP contribution in [0.4, 0.5) is 4.39 Å². The fourth-order valence-corrected chi connectivity index (χ4v) is 2.97. The molecule has 0 aromatic heterocycles. The monoisotopic (exact) mass is 288 g/mol. The second-order valence-electron chi connectivity index (χ2n) is 5.23. The molecule has 0 saturated heterocycles. The zero-order valence-electron chi connectivity index (χ0n) is 12.0. The van der Waals surface area contributed by atoms with Crippen LogP contribution in [0.5, 0.6) is 11.5 Å². The first-order chi connectivity index (χ1) is 10.1. The quantitative estimate of drug-likeness (QED) is 0.943. The number of ether oxygens (including phenoxy) is 2. The molecule has 4 heteroatoms. The van der Waals surface area contributed by atoms with Gasteiger partial charge in [-0.2, -0.15) is 0 Å². The number of halogens is 1. The van der Waals surface area contributed by atoms with Crippen molar-refractivity contribution < 1.29 is 19.0 Å². The molecule has 0 spiro atoms. The van der Waals surface area contributed by atoms with Gasteiger partial charge in [0.25, 0.3) is 0 Å². The van der Waals surface area contributed by atoms with E-state index >= 15 is 0 Å². The molecule has 1 unspecified atom stereocenters. The molecule has 0 bridgehead atoms.